The first-order valence-corrected chi connectivity index (χ1v) is 7.94. The normalized spacial score (nSPS) is 13.0. The van der Waals surface area contributed by atoms with Crippen LogP contribution >= 0.6 is 11.6 Å². The van der Waals surface area contributed by atoms with E-state index in [2.05, 4.69) is 14.2 Å². The Balaban J connectivity index is 3.06. The molecule has 0 heterocycles. The van der Waals surface area contributed by atoms with Crippen LogP contribution in [0, 0.1) is 5.82 Å². The first kappa shape index (κ1) is 17.8. The Kier molecular flexibility index (Phi) is 6.53. The number of rotatable bonds is 7. The number of carbonyl (C=O) groups is 1. The third-order valence-corrected chi connectivity index (χ3v) is 4.15. The van der Waals surface area contributed by atoms with Crippen molar-refractivity contribution < 1.29 is 22.3 Å². The third-order valence-electron chi connectivity index (χ3n) is 2.58. The van der Waals surface area contributed by atoms with Gasteiger partial charge in [0.05, 0.1) is 24.6 Å². The highest BCUT2D eigenvalue weighted by atomic mass is 35.5. The van der Waals surface area contributed by atoms with Gasteiger partial charge in [-0.1, -0.05) is 24.6 Å². The van der Waals surface area contributed by atoms with Crippen molar-refractivity contribution in [3.63, 3.8) is 0 Å². The molecule has 0 aliphatic carbocycles. The summed E-state index contributed by atoms with van der Waals surface area (Å²) in [5.41, 5.74) is 0.267. The average molecular weight is 339 g/mol. The van der Waals surface area contributed by atoms with Crippen LogP contribution in [-0.2, 0) is 19.7 Å². The number of carbonyl (C=O) groups excluding carboxylic acids is 1. The lowest BCUT2D eigenvalue weighted by Gasteiger charge is -2.18. The van der Waals surface area contributed by atoms with Crippen LogP contribution in [0.25, 0.3) is 0 Å². The van der Waals surface area contributed by atoms with Gasteiger partial charge in [0.1, 0.15) is 5.82 Å². The highest BCUT2D eigenvalue weighted by molar-refractivity contribution is 7.87. The van der Waals surface area contributed by atoms with Gasteiger partial charge in [-0.05, 0) is 17.7 Å². The van der Waals surface area contributed by atoms with Crippen molar-refractivity contribution in [2.75, 3.05) is 13.7 Å². The molecule has 0 bridgehead atoms. The molecule has 21 heavy (non-hydrogen) atoms. The Labute approximate surface area is 127 Å². The molecule has 0 unspecified atom stereocenters. The van der Waals surface area contributed by atoms with Gasteiger partial charge in [-0.2, -0.15) is 13.1 Å². The van der Waals surface area contributed by atoms with Crippen LogP contribution < -0.4 is 9.44 Å². The molecule has 0 saturated heterocycles. The Morgan fingerprint density at radius 2 is 2.14 bits per heavy atom. The van der Waals surface area contributed by atoms with Crippen LogP contribution in [0.4, 0.5) is 4.39 Å². The molecule has 6 nitrogen and oxygen atoms in total. The van der Waals surface area contributed by atoms with Crippen LogP contribution in [-0.4, -0.2) is 28.0 Å². The average Bonchev–Trinajstić information content (AvgIpc) is 2.40. The van der Waals surface area contributed by atoms with Gasteiger partial charge in [0.15, 0.2) is 0 Å². The molecule has 0 aliphatic rings. The number of ether oxygens (including phenoxy) is 1. The molecule has 1 aromatic rings. The van der Waals surface area contributed by atoms with Crippen molar-refractivity contribution in [2.45, 2.75) is 19.4 Å². The zero-order chi connectivity index (χ0) is 16.0. The Bertz CT molecular complexity index is 609. The van der Waals surface area contributed by atoms with Crippen LogP contribution in [0.1, 0.15) is 24.9 Å². The maximum atomic E-state index is 13.5. The molecule has 2 N–H and O–H groups in total. The van der Waals surface area contributed by atoms with Gasteiger partial charge in [-0.15, -0.1) is 0 Å². The second-order valence-electron chi connectivity index (χ2n) is 4.13. The summed E-state index contributed by atoms with van der Waals surface area (Å²) in [5, 5.41) is -0.0925. The SMILES string of the molecule is CCNS(=O)(=O)N[C@H](CC(=O)OC)c1ccc(Cl)c(F)c1. The van der Waals surface area contributed by atoms with Crippen LogP contribution in [0.3, 0.4) is 0 Å². The van der Waals surface area contributed by atoms with Gasteiger partial charge in [0, 0.05) is 6.54 Å². The van der Waals surface area contributed by atoms with Gasteiger partial charge in [0.2, 0.25) is 0 Å². The molecule has 0 saturated carbocycles. The molecular weight excluding hydrogens is 323 g/mol. The van der Waals surface area contributed by atoms with Crippen molar-refractivity contribution in [1.82, 2.24) is 9.44 Å². The number of methoxy groups -OCH3 is 1. The number of benzene rings is 1. The molecule has 0 fully saturated rings. The number of nitrogens with one attached hydrogen (secondary N) is 2. The van der Waals surface area contributed by atoms with E-state index >= 15 is 0 Å². The standard InChI is InChI=1S/C12H16ClFN2O4S/c1-3-15-21(18,19)16-11(7-12(17)20-2)8-4-5-9(13)10(14)6-8/h4-6,11,15-16H,3,7H2,1-2H3/t11-/m1/s1. The first-order chi connectivity index (χ1) is 9.79. The van der Waals surface area contributed by atoms with Crippen molar-refractivity contribution in [2.24, 2.45) is 0 Å². The predicted octanol–water partition coefficient (Wildman–Crippen LogP) is 1.53. The van der Waals surface area contributed by atoms with E-state index in [1.807, 2.05) is 0 Å². The number of halogens is 2. The molecule has 9 heteroatoms. The predicted molar refractivity (Wildman–Crippen MR) is 76.5 cm³/mol. The zero-order valence-electron chi connectivity index (χ0n) is 11.5. The quantitative estimate of drug-likeness (QED) is 0.738. The summed E-state index contributed by atoms with van der Waals surface area (Å²) in [6, 6.07) is 2.84. The Morgan fingerprint density at radius 1 is 1.48 bits per heavy atom. The lowest BCUT2D eigenvalue weighted by molar-refractivity contribution is -0.141. The maximum absolute atomic E-state index is 13.5. The summed E-state index contributed by atoms with van der Waals surface area (Å²) >= 11 is 5.58. The second-order valence-corrected chi connectivity index (χ2v) is 6.06. The smallest absolute Gasteiger partial charge is 0.307 e. The number of hydrogen-bond acceptors (Lipinski definition) is 4. The zero-order valence-corrected chi connectivity index (χ0v) is 13.1. The maximum Gasteiger partial charge on any atom is 0.307 e. The molecule has 0 amide bonds. The van der Waals surface area contributed by atoms with Gasteiger partial charge >= 0.3 is 5.97 Å². The topological polar surface area (TPSA) is 84.5 Å². The first-order valence-electron chi connectivity index (χ1n) is 6.07. The molecule has 0 aromatic heterocycles. The van der Waals surface area contributed by atoms with Crippen LogP contribution in [0.5, 0.6) is 0 Å². The molecule has 0 aliphatic heterocycles. The number of esters is 1. The largest absolute Gasteiger partial charge is 0.469 e. The Morgan fingerprint density at radius 3 is 2.67 bits per heavy atom. The third kappa shape index (κ3) is 5.58. The fraction of sp³-hybridized carbons (Fsp3) is 0.417. The minimum Gasteiger partial charge on any atom is -0.469 e. The monoisotopic (exact) mass is 338 g/mol. The van der Waals surface area contributed by atoms with Gasteiger partial charge in [-0.25, -0.2) is 9.11 Å². The molecular formula is C12H16ClFN2O4S. The van der Waals surface area contributed by atoms with E-state index in [9.17, 15) is 17.6 Å². The molecule has 0 spiro atoms. The van der Waals surface area contributed by atoms with Gasteiger partial charge in [-0.3, -0.25) is 4.79 Å². The van der Waals surface area contributed by atoms with Crippen LogP contribution in [0.15, 0.2) is 18.2 Å². The van der Waals surface area contributed by atoms with Gasteiger partial charge in [0.25, 0.3) is 10.2 Å². The summed E-state index contributed by atoms with van der Waals surface area (Å²) in [6.45, 7) is 1.78. The minimum atomic E-state index is -3.82. The number of hydrogen-bond donors (Lipinski definition) is 2. The van der Waals surface area contributed by atoms with E-state index in [0.717, 1.165) is 6.07 Å². The fourth-order valence-electron chi connectivity index (χ4n) is 1.63. The lowest BCUT2D eigenvalue weighted by atomic mass is 10.0. The van der Waals surface area contributed by atoms with Gasteiger partial charge < -0.3 is 4.74 Å². The van der Waals surface area contributed by atoms with Crippen LogP contribution in [0.2, 0.25) is 5.02 Å². The summed E-state index contributed by atoms with van der Waals surface area (Å²) in [5.74, 6) is -1.33. The van der Waals surface area contributed by atoms with E-state index in [1.165, 1.54) is 19.2 Å². The van der Waals surface area contributed by atoms with Crippen molar-refractivity contribution in [1.29, 1.82) is 0 Å². The van der Waals surface area contributed by atoms with E-state index in [-0.39, 0.29) is 23.6 Å². The molecule has 1 rings (SSSR count). The van der Waals surface area contributed by atoms with Crippen molar-refractivity contribution >= 4 is 27.8 Å². The van der Waals surface area contributed by atoms with Crippen molar-refractivity contribution in [3.05, 3.63) is 34.6 Å². The summed E-state index contributed by atoms with van der Waals surface area (Å²) in [7, 11) is -2.64. The van der Waals surface area contributed by atoms with E-state index < -0.39 is 28.0 Å². The molecule has 1 atom stereocenters. The molecule has 118 valence electrons. The summed E-state index contributed by atoms with van der Waals surface area (Å²) in [6.07, 6.45) is -0.276. The Hall–Kier alpha value is -1.22. The molecule has 0 radical (unpaired) electrons. The van der Waals surface area contributed by atoms with E-state index in [4.69, 9.17) is 11.6 Å². The fourth-order valence-corrected chi connectivity index (χ4v) is 2.80. The van der Waals surface area contributed by atoms with E-state index in [0.29, 0.717) is 0 Å². The minimum absolute atomic E-state index is 0.0925. The van der Waals surface area contributed by atoms with Crippen molar-refractivity contribution in [3.8, 4) is 0 Å². The summed E-state index contributed by atoms with van der Waals surface area (Å²) in [4.78, 5) is 11.4. The molecule has 1 aromatic carbocycles. The van der Waals surface area contributed by atoms with E-state index in [1.54, 1.807) is 6.92 Å². The second kappa shape index (κ2) is 7.69. The highest BCUT2D eigenvalue weighted by Gasteiger charge is 2.23. The lowest BCUT2D eigenvalue weighted by Crippen LogP contribution is -2.39. The summed E-state index contributed by atoms with van der Waals surface area (Å²) < 4.78 is 46.0. The highest BCUT2D eigenvalue weighted by Crippen LogP contribution is 2.23.